The standard InChI is InChI=1S/C8H9N3O2S/c1-14(12,13)6-11-8-5-3-2-4-7(8)9-10-11/h2-5H,6H2,1H3. The number of hydrogen-bond acceptors (Lipinski definition) is 4. The van der Waals surface area contributed by atoms with Crippen LogP contribution in [0.15, 0.2) is 24.3 Å². The van der Waals surface area contributed by atoms with Gasteiger partial charge in [-0.05, 0) is 12.1 Å². The van der Waals surface area contributed by atoms with E-state index in [0.717, 1.165) is 5.52 Å². The number of fused-ring (bicyclic) bond motifs is 1. The Morgan fingerprint density at radius 3 is 2.79 bits per heavy atom. The number of sulfone groups is 1. The number of rotatable bonds is 2. The molecule has 1 aromatic carbocycles. The number of hydrogen-bond donors (Lipinski definition) is 0. The zero-order valence-electron chi connectivity index (χ0n) is 7.58. The van der Waals surface area contributed by atoms with E-state index in [4.69, 9.17) is 0 Å². The monoisotopic (exact) mass is 211 g/mol. The van der Waals surface area contributed by atoms with Crippen LogP contribution >= 0.6 is 0 Å². The first-order chi connectivity index (χ1) is 6.56. The second-order valence-electron chi connectivity index (χ2n) is 3.13. The van der Waals surface area contributed by atoms with Crippen molar-refractivity contribution < 1.29 is 8.42 Å². The molecule has 0 saturated heterocycles. The fourth-order valence-electron chi connectivity index (χ4n) is 1.23. The Morgan fingerprint density at radius 1 is 1.36 bits per heavy atom. The van der Waals surface area contributed by atoms with E-state index in [2.05, 4.69) is 10.3 Å². The Hall–Kier alpha value is -1.43. The van der Waals surface area contributed by atoms with E-state index in [1.807, 2.05) is 12.1 Å². The van der Waals surface area contributed by atoms with Crippen molar-refractivity contribution in [2.24, 2.45) is 0 Å². The first-order valence-corrected chi connectivity index (χ1v) is 6.08. The zero-order chi connectivity index (χ0) is 10.2. The largest absolute Gasteiger partial charge is 0.229 e. The molecular weight excluding hydrogens is 202 g/mol. The van der Waals surface area contributed by atoms with E-state index in [0.29, 0.717) is 5.52 Å². The average Bonchev–Trinajstić information content (AvgIpc) is 2.47. The Kier molecular flexibility index (Phi) is 1.99. The zero-order valence-corrected chi connectivity index (χ0v) is 8.40. The van der Waals surface area contributed by atoms with Crippen molar-refractivity contribution in [3.05, 3.63) is 24.3 Å². The summed E-state index contributed by atoms with van der Waals surface area (Å²) in [6.07, 6.45) is 1.17. The molecule has 2 rings (SSSR count). The van der Waals surface area contributed by atoms with Crippen LogP contribution in [0.5, 0.6) is 0 Å². The van der Waals surface area contributed by atoms with Gasteiger partial charge >= 0.3 is 0 Å². The Labute approximate surface area is 81.3 Å². The maximum Gasteiger partial charge on any atom is 0.167 e. The molecule has 0 N–H and O–H groups in total. The summed E-state index contributed by atoms with van der Waals surface area (Å²) in [5.41, 5.74) is 1.44. The number of benzene rings is 1. The highest BCUT2D eigenvalue weighted by molar-refractivity contribution is 7.89. The number of para-hydroxylation sites is 1. The van der Waals surface area contributed by atoms with Crippen LogP contribution in [0.25, 0.3) is 11.0 Å². The molecule has 0 unspecified atom stereocenters. The molecule has 2 aromatic rings. The molecule has 0 atom stereocenters. The summed E-state index contributed by atoms with van der Waals surface area (Å²) in [4.78, 5) is 0. The van der Waals surface area contributed by atoms with Crippen LogP contribution in [0, 0.1) is 0 Å². The Morgan fingerprint density at radius 2 is 2.07 bits per heavy atom. The highest BCUT2D eigenvalue weighted by Gasteiger charge is 2.08. The minimum Gasteiger partial charge on any atom is -0.229 e. The molecule has 0 bridgehead atoms. The lowest BCUT2D eigenvalue weighted by Crippen LogP contribution is -2.10. The summed E-state index contributed by atoms with van der Waals surface area (Å²) in [7, 11) is -3.08. The van der Waals surface area contributed by atoms with Crippen LogP contribution in [-0.2, 0) is 15.7 Å². The molecule has 0 saturated carbocycles. The Bertz CT molecular complexity index is 559. The van der Waals surface area contributed by atoms with Gasteiger partial charge in [0, 0.05) is 6.26 Å². The number of nitrogens with zero attached hydrogens (tertiary/aromatic N) is 3. The van der Waals surface area contributed by atoms with Crippen LogP contribution in [0.4, 0.5) is 0 Å². The van der Waals surface area contributed by atoms with E-state index in [1.165, 1.54) is 10.9 Å². The first-order valence-electron chi connectivity index (χ1n) is 4.02. The van der Waals surface area contributed by atoms with Crippen molar-refractivity contribution in [3.8, 4) is 0 Å². The van der Waals surface area contributed by atoms with Gasteiger partial charge in [0.1, 0.15) is 11.4 Å². The first kappa shape index (κ1) is 9.14. The predicted molar refractivity (Wildman–Crippen MR) is 52.4 cm³/mol. The van der Waals surface area contributed by atoms with Crippen LogP contribution in [-0.4, -0.2) is 29.7 Å². The van der Waals surface area contributed by atoms with Gasteiger partial charge in [0.25, 0.3) is 0 Å². The van der Waals surface area contributed by atoms with Gasteiger partial charge in [0.15, 0.2) is 9.84 Å². The molecule has 0 aliphatic rings. The third-order valence-corrected chi connectivity index (χ3v) is 2.49. The van der Waals surface area contributed by atoms with E-state index in [1.54, 1.807) is 12.1 Å². The highest BCUT2D eigenvalue weighted by Crippen LogP contribution is 2.10. The van der Waals surface area contributed by atoms with Crippen LogP contribution < -0.4 is 0 Å². The molecule has 0 spiro atoms. The quantitative estimate of drug-likeness (QED) is 0.722. The van der Waals surface area contributed by atoms with Crippen molar-refractivity contribution in [1.82, 2.24) is 15.0 Å². The summed E-state index contributed by atoms with van der Waals surface area (Å²) in [6.45, 7) is 0. The number of aromatic nitrogens is 3. The molecule has 74 valence electrons. The summed E-state index contributed by atoms with van der Waals surface area (Å²) in [5.74, 6) is -0.131. The molecule has 14 heavy (non-hydrogen) atoms. The van der Waals surface area contributed by atoms with Gasteiger partial charge in [-0.1, -0.05) is 17.3 Å². The molecule has 0 fully saturated rings. The molecule has 0 amide bonds. The molecule has 0 radical (unpaired) electrons. The van der Waals surface area contributed by atoms with Gasteiger partial charge < -0.3 is 0 Å². The van der Waals surface area contributed by atoms with Crippen molar-refractivity contribution in [1.29, 1.82) is 0 Å². The lowest BCUT2D eigenvalue weighted by molar-refractivity contribution is 0.580. The van der Waals surface area contributed by atoms with Crippen molar-refractivity contribution in [2.75, 3.05) is 6.26 Å². The molecule has 0 aliphatic heterocycles. The molecule has 1 heterocycles. The second-order valence-corrected chi connectivity index (χ2v) is 5.24. The van der Waals surface area contributed by atoms with E-state index >= 15 is 0 Å². The van der Waals surface area contributed by atoms with Crippen molar-refractivity contribution in [3.63, 3.8) is 0 Å². The topological polar surface area (TPSA) is 64.8 Å². The summed E-state index contributed by atoms with van der Waals surface area (Å²) in [5, 5.41) is 7.62. The normalized spacial score (nSPS) is 12.1. The lowest BCUT2D eigenvalue weighted by Gasteiger charge is -1.98. The fraction of sp³-hybridized carbons (Fsp3) is 0.250. The minimum atomic E-state index is -3.08. The average molecular weight is 211 g/mol. The van der Waals surface area contributed by atoms with E-state index in [9.17, 15) is 8.42 Å². The maximum atomic E-state index is 11.1. The fourth-order valence-corrected chi connectivity index (χ4v) is 1.87. The highest BCUT2D eigenvalue weighted by atomic mass is 32.2. The minimum absolute atomic E-state index is 0.131. The van der Waals surface area contributed by atoms with Gasteiger partial charge in [-0.2, -0.15) is 0 Å². The van der Waals surface area contributed by atoms with Crippen molar-refractivity contribution >= 4 is 20.9 Å². The van der Waals surface area contributed by atoms with Gasteiger partial charge in [-0.3, -0.25) is 0 Å². The van der Waals surface area contributed by atoms with Gasteiger partial charge in [-0.25, -0.2) is 13.1 Å². The van der Waals surface area contributed by atoms with Gasteiger partial charge in [0.05, 0.1) is 5.52 Å². The van der Waals surface area contributed by atoms with Crippen molar-refractivity contribution in [2.45, 2.75) is 5.88 Å². The Balaban J connectivity index is 2.54. The molecule has 5 nitrogen and oxygen atoms in total. The smallest absolute Gasteiger partial charge is 0.167 e. The summed E-state index contributed by atoms with van der Waals surface area (Å²) < 4.78 is 23.5. The third kappa shape index (κ3) is 1.74. The molecule has 0 aliphatic carbocycles. The molecular formula is C8H9N3O2S. The molecule has 6 heteroatoms. The third-order valence-electron chi connectivity index (χ3n) is 1.78. The summed E-state index contributed by atoms with van der Waals surface area (Å²) in [6, 6.07) is 7.24. The maximum absolute atomic E-state index is 11.1. The van der Waals surface area contributed by atoms with Crippen LogP contribution in [0.2, 0.25) is 0 Å². The van der Waals surface area contributed by atoms with Gasteiger partial charge in [0.2, 0.25) is 0 Å². The van der Waals surface area contributed by atoms with E-state index in [-0.39, 0.29) is 5.88 Å². The molecule has 1 aromatic heterocycles. The van der Waals surface area contributed by atoms with E-state index < -0.39 is 9.84 Å². The lowest BCUT2D eigenvalue weighted by atomic mass is 10.3. The SMILES string of the molecule is CS(=O)(=O)Cn1nnc2ccccc21. The van der Waals surface area contributed by atoms with Crippen LogP contribution in [0.1, 0.15) is 0 Å². The second kappa shape index (κ2) is 3.06. The van der Waals surface area contributed by atoms with Gasteiger partial charge in [-0.15, -0.1) is 5.10 Å². The summed E-state index contributed by atoms with van der Waals surface area (Å²) >= 11 is 0. The predicted octanol–water partition coefficient (Wildman–Crippen LogP) is 0.433. The van der Waals surface area contributed by atoms with Crippen LogP contribution in [0.3, 0.4) is 0 Å².